The Balaban J connectivity index is 2.34. The molecule has 0 saturated carbocycles. The maximum atomic E-state index is 13.0. The minimum absolute atomic E-state index is 0.0620. The van der Waals surface area contributed by atoms with Crippen molar-refractivity contribution in [2.75, 3.05) is 10.5 Å². The normalized spacial score (nSPS) is 11.6. The Kier molecular flexibility index (Phi) is 4.71. The minimum atomic E-state index is -3.86. The van der Waals surface area contributed by atoms with E-state index in [1.165, 1.54) is 29.1 Å². The number of halogens is 2. The van der Waals surface area contributed by atoms with Crippen LogP contribution in [0, 0.1) is 9.39 Å². The van der Waals surface area contributed by atoms with Gasteiger partial charge in [-0.3, -0.25) is 9.40 Å². The summed E-state index contributed by atoms with van der Waals surface area (Å²) >= 11 is 1.85. The monoisotopic (exact) mass is 424 g/mol. The van der Waals surface area contributed by atoms with Crippen molar-refractivity contribution in [3.8, 4) is 0 Å². The van der Waals surface area contributed by atoms with Crippen LogP contribution in [0.1, 0.15) is 13.3 Å². The van der Waals surface area contributed by atoms with E-state index < -0.39 is 15.8 Å². The summed E-state index contributed by atoms with van der Waals surface area (Å²) in [6.45, 7) is 2.53. The molecule has 3 N–H and O–H groups in total. The van der Waals surface area contributed by atoms with Crippen LogP contribution in [0.15, 0.2) is 29.3 Å². The number of nitrogens with two attached hydrogens (primary N) is 1. The van der Waals surface area contributed by atoms with Gasteiger partial charge in [-0.1, -0.05) is 6.92 Å². The van der Waals surface area contributed by atoms with Gasteiger partial charge in [0.1, 0.15) is 10.7 Å². The van der Waals surface area contributed by atoms with Gasteiger partial charge in [0.15, 0.2) is 5.82 Å². The molecule has 0 unspecified atom stereocenters. The number of aromatic nitrogens is 2. The molecule has 0 aliphatic heterocycles. The Morgan fingerprint density at radius 3 is 2.81 bits per heavy atom. The molecular formula is C12H14FIN4O2S. The molecule has 21 heavy (non-hydrogen) atoms. The first-order chi connectivity index (χ1) is 9.83. The summed E-state index contributed by atoms with van der Waals surface area (Å²) in [6.07, 6.45) is 2.20. The molecule has 2 aromatic rings. The van der Waals surface area contributed by atoms with Crippen LogP contribution in [-0.2, 0) is 16.6 Å². The van der Waals surface area contributed by atoms with Crippen LogP contribution in [0.2, 0.25) is 0 Å². The smallest absolute Gasteiger partial charge is 0.267 e. The largest absolute Gasteiger partial charge is 0.381 e. The van der Waals surface area contributed by atoms with Crippen LogP contribution in [0.3, 0.4) is 0 Å². The zero-order chi connectivity index (χ0) is 15.6. The van der Waals surface area contributed by atoms with Crippen molar-refractivity contribution >= 4 is 44.1 Å². The fraction of sp³-hybridized carbons (Fsp3) is 0.250. The molecule has 0 bridgehead atoms. The van der Waals surface area contributed by atoms with E-state index >= 15 is 0 Å². The van der Waals surface area contributed by atoms with E-state index in [1.807, 2.05) is 29.5 Å². The van der Waals surface area contributed by atoms with Gasteiger partial charge in [-0.2, -0.15) is 5.10 Å². The van der Waals surface area contributed by atoms with Crippen LogP contribution in [0.25, 0.3) is 0 Å². The van der Waals surface area contributed by atoms with Crippen molar-refractivity contribution in [1.29, 1.82) is 0 Å². The molecule has 1 aromatic heterocycles. The first kappa shape index (κ1) is 16.0. The molecule has 0 saturated heterocycles. The fourth-order valence-electron chi connectivity index (χ4n) is 1.74. The Morgan fingerprint density at radius 2 is 2.19 bits per heavy atom. The predicted octanol–water partition coefficient (Wildman–Crippen LogP) is 2.42. The van der Waals surface area contributed by atoms with Crippen molar-refractivity contribution in [3.05, 3.63) is 33.8 Å². The number of nitrogens with zero attached hydrogens (tertiary/aromatic N) is 2. The molecular weight excluding hydrogens is 410 g/mol. The summed E-state index contributed by atoms with van der Waals surface area (Å²) in [7, 11) is -3.86. The van der Waals surface area contributed by atoms with Crippen molar-refractivity contribution in [2.45, 2.75) is 24.8 Å². The molecule has 0 radical (unpaired) electrons. The lowest BCUT2D eigenvalue weighted by Crippen LogP contribution is -2.14. The van der Waals surface area contributed by atoms with E-state index in [2.05, 4.69) is 9.82 Å². The Morgan fingerprint density at radius 1 is 1.48 bits per heavy atom. The van der Waals surface area contributed by atoms with Gasteiger partial charge >= 0.3 is 0 Å². The predicted molar refractivity (Wildman–Crippen MR) is 86.9 cm³/mol. The van der Waals surface area contributed by atoms with Crippen molar-refractivity contribution < 1.29 is 12.8 Å². The highest BCUT2D eigenvalue weighted by atomic mass is 127. The molecule has 6 nitrogen and oxygen atoms in total. The summed E-state index contributed by atoms with van der Waals surface area (Å²) < 4.78 is 42.0. The van der Waals surface area contributed by atoms with Gasteiger partial charge in [0.2, 0.25) is 0 Å². The average Bonchev–Trinajstić information content (AvgIpc) is 2.75. The van der Waals surface area contributed by atoms with Crippen LogP contribution in [-0.4, -0.2) is 18.2 Å². The Hall–Kier alpha value is -1.36. The highest BCUT2D eigenvalue weighted by molar-refractivity contribution is 14.1. The molecule has 114 valence electrons. The first-order valence-corrected chi connectivity index (χ1v) is 8.70. The molecule has 9 heteroatoms. The molecule has 1 aromatic carbocycles. The van der Waals surface area contributed by atoms with Gasteiger partial charge in [-0.05, 0) is 47.2 Å². The SMILES string of the molecule is CCCn1cc(S(=O)(=O)Nc2ccc(F)cc2I)c(N)n1. The maximum Gasteiger partial charge on any atom is 0.267 e. The lowest BCUT2D eigenvalue weighted by atomic mass is 10.3. The molecule has 0 amide bonds. The lowest BCUT2D eigenvalue weighted by molar-refractivity contribution is 0.595. The van der Waals surface area contributed by atoms with E-state index in [0.29, 0.717) is 15.8 Å². The second-order valence-corrected chi connectivity index (χ2v) is 7.18. The molecule has 1 heterocycles. The van der Waals surface area contributed by atoms with Crippen molar-refractivity contribution in [1.82, 2.24) is 9.78 Å². The van der Waals surface area contributed by atoms with E-state index in [4.69, 9.17) is 5.73 Å². The second kappa shape index (κ2) is 6.18. The van der Waals surface area contributed by atoms with Crippen LogP contribution >= 0.6 is 22.6 Å². The highest BCUT2D eigenvalue weighted by Gasteiger charge is 2.22. The summed E-state index contributed by atoms with van der Waals surface area (Å²) in [4.78, 5) is -0.0870. The van der Waals surface area contributed by atoms with E-state index in [-0.39, 0.29) is 10.7 Å². The van der Waals surface area contributed by atoms with Crippen LogP contribution < -0.4 is 10.5 Å². The summed E-state index contributed by atoms with van der Waals surface area (Å²) in [5.74, 6) is -0.495. The standard InChI is InChI=1S/C12H14FIN4O2S/c1-2-5-18-7-11(12(15)16-18)21(19,20)17-10-4-3-8(13)6-9(10)14/h3-4,6-7,17H,2,5H2,1H3,(H2,15,16). The third kappa shape index (κ3) is 3.64. The number of rotatable bonds is 5. The number of nitrogens with one attached hydrogen (secondary N) is 1. The van der Waals surface area contributed by atoms with Gasteiger partial charge in [0.05, 0.1) is 5.69 Å². The fourth-order valence-corrected chi connectivity index (χ4v) is 3.69. The van der Waals surface area contributed by atoms with Crippen molar-refractivity contribution in [2.24, 2.45) is 0 Å². The Bertz CT molecular complexity index is 761. The number of nitrogen functional groups attached to an aromatic ring is 1. The third-order valence-corrected chi connectivity index (χ3v) is 4.95. The number of aryl methyl sites for hydroxylation is 1. The van der Waals surface area contributed by atoms with Gasteiger partial charge in [0.25, 0.3) is 10.0 Å². The highest BCUT2D eigenvalue weighted by Crippen LogP contribution is 2.24. The van der Waals surface area contributed by atoms with Crippen LogP contribution in [0.4, 0.5) is 15.9 Å². The summed E-state index contributed by atoms with van der Waals surface area (Å²) in [5.41, 5.74) is 5.95. The van der Waals surface area contributed by atoms with E-state index in [9.17, 15) is 12.8 Å². The van der Waals surface area contributed by atoms with Crippen molar-refractivity contribution in [3.63, 3.8) is 0 Å². The topological polar surface area (TPSA) is 90.0 Å². The number of sulfonamides is 1. The number of hydrogen-bond donors (Lipinski definition) is 2. The molecule has 0 aliphatic rings. The quantitative estimate of drug-likeness (QED) is 0.722. The number of hydrogen-bond acceptors (Lipinski definition) is 4. The lowest BCUT2D eigenvalue weighted by Gasteiger charge is -2.08. The van der Waals surface area contributed by atoms with E-state index in [0.717, 1.165) is 6.42 Å². The average molecular weight is 424 g/mol. The van der Waals surface area contributed by atoms with Gasteiger partial charge < -0.3 is 5.73 Å². The van der Waals surface area contributed by atoms with Gasteiger partial charge in [0, 0.05) is 16.3 Å². The minimum Gasteiger partial charge on any atom is -0.381 e. The van der Waals surface area contributed by atoms with Gasteiger partial charge in [-0.15, -0.1) is 0 Å². The van der Waals surface area contributed by atoms with Gasteiger partial charge in [-0.25, -0.2) is 12.8 Å². The maximum absolute atomic E-state index is 13.0. The molecule has 0 atom stereocenters. The molecule has 0 aliphatic carbocycles. The number of anilines is 2. The van der Waals surface area contributed by atoms with Crippen LogP contribution in [0.5, 0.6) is 0 Å². The summed E-state index contributed by atoms with van der Waals surface area (Å²) in [6, 6.07) is 3.79. The van der Waals surface area contributed by atoms with E-state index in [1.54, 1.807) is 0 Å². The molecule has 0 fully saturated rings. The zero-order valence-electron chi connectivity index (χ0n) is 11.2. The number of benzene rings is 1. The molecule has 2 rings (SSSR count). The second-order valence-electron chi connectivity index (χ2n) is 4.37. The molecule has 0 spiro atoms. The third-order valence-electron chi connectivity index (χ3n) is 2.67. The first-order valence-electron chi connectivity index (χ1n) is 6.14. The zero-order valence-corrected chi connectivity index (χ0v) is 14.2. The Labute approximate surface area is 135 Å². The summed E-state index contributed by atoms with van der Waals surface area (Å²) in [5, 5.41) is 3.96.